The van der Waals surface area contributed by atoms with Gasteiger partial charge in [-0.1, -0.05) is 33.1 Å². The number of hydrogen-bond acceptors (Lipinski definition) is 2. The zero-order chi connectivity index (χ0) is 9.94. The van der Waals surface area contributed by atoms with Gasteiger partial charge in [-0.25, -0.2) is 0 Å². The Morgan fingerprint density at radius 3 is 2.46 bits per heavy atom. The van der Waals surface area contributed by atoms with Gasteiger partial charge in [-0.2, -0.15) is 0 Å². The number of nitrogens with one attached hydrogen (secondary N) is 1. The fourth-order valence-electron chi connectivity index (χ4n) is 1.43. The van der Waals surface area contributed by atoms with Crippen LogP contribution in [0.5, 0.6) is 0 Å². The van der Waals surface area contributed by atoms with Gasteiger partial charge in [-0.05, 0) is 19.4 Å². The number of methoxy groups -OCH3 is 1. The van der Waals surface area contributed by atoms with Crippen molar-refractivity contribution in [3.8, 4) is 0 Å². The maximum atomic E-state index is 5.17. The van der Waals surface area contributed by atoms with Crippen molar-refractivity contribution < 1.29 is 4.74 Å². The van der Waals surface area contributed by atoms with E-state index in [1.165, 1.54) is 32.1 Å². The second kappa shape index (κ2) is 10.0. The summed E-state index contributed by atoms with van der Waals surface area (Å²) in [7, 11) is 1.78. The maximum Gasteiger partial charge on any atom is 0.0615 e. The SMILES string of the molecule is CCCCCC(COC)NCCC. The molecule has 0 aromatic carbocycles. The third kappa shape index (κ3) is 8.26. The molecule has 0 aromatic heterocycles. The summed E-state index contributed by atoms with van der Waals surface area (Å²) < 4.78 is 5.17. The number of hydrogen-bond donors (Lipinski definition) is 1. The van der Waals surface area contributed by atoms with Gasteiger partial charge in [0.25, 0.3) is 0 Å². The molecule has 0 spiro atoms. The van der Waals surface area contributed by atoms with Crippen LogP contribution in [0.1, 0.15) is 46.0 Å². The third-order valence-corrected chi connectivity index (χ3v) is 2.21. The summed E-state index contributed by atoms with van der Waals surface area (Å²) in [6, 6.07) is 0.566. The lowest BCUT2D eigenvalue weighted by Crippen LogP contribution is -2.33. The highest BCUT2D eigenvalue weighted by atomic mass is 16.5. The van der Waals surface area contributed by atoms with Gasteiger partial charge >= 0.3 is 0 Å². The van der Waals surface area contributed by atoms with Crippen molar-refractivity contribution >= 4 is 0 Å². The highest BCUT2D eigenvalue weighted by Gasteiger charge is 2.05. The Bertz CT molecular complexity index is 96.1. The molecule has 1 unspecified atom stereocenters. The molecule has 0 fully saturated rings. The standard InChI is InChI=1S/C11H25NO/c1-4-6-7-8-11(10-13-3)12-9-5-2/h11-12H,4-10H2,1-3H3. The Balaban J connectivity index is 3.41. The topological polar surface area (TPSA) is 21.3 Å². The number of ether oxygens (including phenoxy) is 1. The molecule has 1 atom stereocenters. The quantitative estimate of drug-likeness (QED) is 0.560. The van der Waals surface area contributed by atoms with Crippen LogP contribution in [0.4, 0.5) is 0 Å². The molecule has 2 nitrogen and oxygen atoms in total. The molecular weight excluding hydrogens is 162 g/mol. The zero-order valence-corrected chi connectivity index (χ0v) is 9.44. The summed E-state index contributed by atoms with van der Waals surface area (Å²) in [4.78, 5) is 0. The summed E-state index contributed by atoms with van der Waals surface area (Å²) in [5.74, 6) is 0. The highest BCUT2D eigenvalue weighted by molar-refractivity contribution is 4.65. The molecule has 0 aliphatic heterocycles. The molecule has 13 heavy (non-hydrogen) atoms. The molecule has 1 N–H and O–H groups in total. The number of rotatable bonds is 9. The Kier molecular flexibility index (Phi) is 9.94. The lowest BCUT2D eigenvalue weighted by Gasteiger charge is -2.17. The molecule has 80 valence electrons. The van der Waals surface area contributed by atoms with Crippen molar-refractivity contribution in [2.75, 3.05) is 20.3 Å². The molecule has 0 amide bonds. The number of unbranched alkanes of at least 4 members (excludes halogenated alkanes) is 2. The lowest BCUT2D eigenvalue weighted by atomic mass is 10.1. The second-order valence-corrected chi connectivity index (χ2v) is 3.60. The largest absolute Gasteiger partial charge is 0.383 e. The normalized spacial score (nSPS) is 13.2. The molecule has 0 heterocycles. The molecular formula is C11H25NO. The van der Waals surface area contributed by atoms with Crippen LogP contribution in [-0.4, -0.2) is 26.3 Å². The van der Waals surface area contributed by atoms with Crippen molar-refractivity contribution in [2.24, 2.45) is 0 Å². The molecule has 0 aliphatic carbocycles. The van der Waals surface area contributed by atoms with E-state index in [0.717, 1.165) is 13.2 Å². The van der Waals surface area contributed by atoms with Gasteiger partial charge in [-0.15, -0.1) is 0 Å². The lowest BCUT2D eigenvalue weighted by molar-refractivity contribution is 0.161. The van der Waals surface area contributed by atoms with E-state index in [1.807, 2.05) is 0 Å². The predicted octanol–water partition coefficient (Wildman–Crippen LogP) is 2.58. The molecule has 0 radical (unpaired) electrons. The van der Waals surface area contributed by atoms with Gasteiger partial charge in [0, 0.05) is 13.2 Å². The minimum absolute atomic E-state index is 0.566. The van der Waals surface area contributed by atoms with Crippen LogP contribution in [0.2, 0.25) is 0 Å². The van der Waals surface area contributed by atoms with Gasteiger partial charge in [0.05, 0.1) is 6.61 Å². The van der Waals surface area contributed by atoms with E-state index in [1.54, 1.807) is 7.11 Å². The first kappa shape index (κ1) is 12.9. The fraction of sp³-hybridized carbons (Fsp3) is 1.00. The van der Waals surface area contributed by atoms with Crippen molar-refractivity contribution in [1.29, 1.82) is 0 Å². The van der Waals surface area contributed by atoms with Gasteiger partial charge in [-0.3, -0.25) is 0 Å². The summed E-state index contributed by atoms with van der Waals surface area (Å²) in [5.41, 5.74) is 0. The smallest absolute Gasteiger partial charge is 0.0615 e. The van der Waals surface area contributed by atoms with E-state index in [2.05, 4.69) is 19.2 Å². The van der Waals surface area contributed by atoms with Crippen LogP contribution in [-0.2, 0) is 4.74 Å². The monoisotopic (exact) mass is 187 g/mol. The average molecular weight is 187 g/mol. The van der Waals surface area contributed by atoms with Crippen LogP contribution in [0.25, 0.3) is 0 Å². The molecule has 0 bridgehead atoms. The van der Waals surface area contributed by atoms with Gasteiger partial charge < -0.3 is 10.1 Å². The van der Waals surface area contributed by atoms with Crippen molar-refractivity contribution in [3.63, 3.8) is 0 Å². The Morgan fingerprint density at radius 2 is 1.92 bits per heavy atom. The summed E-state index contributed by atoms with van der Waals surface area (Å²) in [6.45, 7) is 6.40. The Morgan fingerprint density at radius 1 is 1.15 bits per heavy atom. The molecule has 0 saturated carbocycles. The van der Waals surface area contributed by atoms with Gasteiger partial charge in [0.15, 0.2) is 0 Å². The van der Waals surface area contributed by atoms with E-state index < -0.39 is 0 Å². The molecule has 0 saturated heterocycles. The van der Waals surface area contributed by atoms with Crippen LogP contribution in [0, 0.1) is 0 Å². The Hall–Kier alpha value is -0.0800. The summed E-state index contributed by atoms with van der Waals surface area (Å²) in [5, 5.41) is 3.50. The average Bonchev–Trinajstić information content (AvgIpc) is 2.14. The van der Waals surface area contributed by atoms with E-state index in [4.69, 9.17) is 4.74 Å². The van der Waals surface area contributed by atoms with E-state index >= 15 is 0 Å². The maximum absolute atomic E-state index is 5.17. The van der Waals surface area contributed by atoms with Crippen LogP contribution in [0.15, 0.2) is 0 Å². The van der Waals surface area contributed by atoms with Crippen LogP contribution >= 0.6 is 0 Å². The molecule has 2 heteroatoms. The summed E-state index contributed by atoms with van der Waals surface area (Å²) >= 11 is 0. The molecule has 0 aliphatic rings. The van der Waals surface area contributed by atoms with Gasteiger partial charge in [0.2, 0.25) is 0 Å². The zero-order valence-electron chi connectivity index (χ0n) is 9.44. The highest BCUT2D eigenvalue weighted by Crippen LogP contribution is 2.03. The minimum atomic E-state index is 0.566. The van der Waals surface area contributed by atoms with Crippen LogP contribution < -0.4 is 5.32 Å². The first-order valence-electron chi connectivity index (χ1n) is 5.57. The van der Waals surface area contributed by atoms with Gasteiger partial charge in [0.1, 0.15) is 0 Å². The fourth-order valence-corrected chi connectivity index (χ4v) is 1.43. The second-order valence-electron chi connectivity index (χ2n) is 3.60. The minimum Gasteiger partial charge on any atom is -0.383 e. The van der Waals surface area contributed by atoms with Crippen LogP contribution in [0.3, 0.4) is 0 Å². The van der Waals surface area contributed by atoms with Crippen molar-refractivity contribution in [3.05, 3.63) is 0 Å². The Labute approximate surface area is 83.1 Å². The van der Waals surface area contributed by atoms with Crippen molar-refractivity contribution in [2.45, 2.75) is 52.0 Å². The van der Waals surface area contributed by atoms with E-state index in [-0.39, 0.29) is 0 Å². The predicted molar refractivity (Wildman–Crippen MR) is 58.1 cm³/mol. The third-order valence-electron chi connectivity index (χ3n) is 2.21. The van der Waals surface area contributed by atoms with E-state index in [0.29, 0.717) is 6.04 Å². The first-order valence-corrected chi connectivity index (χ1v) is 5.57. The van der Waals surface area contributed by atoms with Crippen molar-refractivity contribution in [1.82, 2.24) is 5.32 Å². The first-order chi connectivity index (χ1) is 6.35. The molecule has 0 aromatic rings. The van der Waals surface area contributed by atoms with E-state index in [9.17, 15) is 0 Å². The summed E-state index contributed by atoms with van der Waals surface area (Å²) in [6.07, 6.45) is 6.42. The molecule has 0 rings (SSSR count).